The molecule has 0 spiro atoms. The fraction of sp³-hybridized carbons (Fsp3) is 0.545. The normalized spacial score (nSPS) is 23.6. The zero-order valence-electron chi connectivity index (χ0n) is 16.6. The highest BCUT2D eigenvalue weighted by Crippen LogP contribution is 2.31. The third kappa shape index (κ3) is 5.29. The van der Waals surface area contributed by atoms with Crippen LogP contribution in [0, 0.1) is 5.92 Å². The molecule has 0 saturated heterocycles. The van der Waals surface area contributed by atoms with Crippen LogP contribution in [0.15, 0.2) is 36.9 Å². The molecule has 0 bridgehead atoms. The molecule has 1 aromatic carbocycles. The van der Waals surface area contributed by atoms with Crippen LogP contribution < -0.4 is 14.8 Å². The number of rotatable bonds is 7. The molecule has 1 aromatic heterocycles. The van der Waals surface area contributed by atoms with Gasteiger partial charge in [-0.15, -0.1) is 0 Å². The molecule has 1 amide bonds. The Morgan fingerprint density at radius 3 is 2.93 bits per heavy atom. The summed E-state index contributed by atoms with van der Waals surface area (Å²) in [5, 5.41) is 13.3. The number of amides is 1. The minimum atomic E-state index is -0.478. The van der Waals surface area contributed by atoms with E-state index in [9.17, 15) is 9.90 Å². The molecule has 4 rings (SSSR count). The van der Waals surface area contributed by atoms with E-state index in [0.717, 1.165) is 49.3 Å². The first-order valence-corrected chi connectivity index (χ1v) is 10.5. The molecule has 1 saturated carbocycles. The van der Waals surface area contributed by atoms with Crippen LogP contribution in [0.4, 0.5) is 0 Å². The summed E-state index contributed by atoms with van der Waals surface area (Å²) in [7, 11) is 0. The second-order valence-electron chi connectivity index (χ2n) is 8.02. The van der Waals surface area contributed by atoms with Crippen molar-refractivity contribution < 1.29 is 19.4 Å². The first-order chi connectivity index (χ1) is 14.2. The molecule has 29 heavy (non-hydrogen) atoms. The maximum absolute atomic E-state index is 12.4. The molecule has 1 aliphatic heterocycles. The Labute approximate surface area is 171 Å². The number of carbonyl (C=O) groups is 1. The second-order valence-corrected chi connectivity index (χ2v) is 8.02. The number of aliphatic hydroxyl groups is 1. The summed E-state index contributed by atoms with van der Waals surface area (Å²) < 4.78 is 13.4. The number of imidazole rings is 1. The minimum Gasteiger partial charge on any atom is -0.490 e. The van der Waals surface area contributed by atoms with Gasteiger partial charge >= 0.3 is 0 Å². The summed E-state index contributed by atoms with van der Waals surface area (Å²) in [6.07, 6.45) is 9.41. The molecule has 1 fully saturated rings. The van der Waals surface area contributed by atoms with E-state index in [0.29, 0.717) is 32.0 Å². The fourth-order valence-corrected chi connectivity index (χ4v) is 4.21. The van der Waals surface area contributed by atoms with Gasteiger partial charge in [-0.1, -0.05) is 6.07 Å². The van der Waals surface area contributed by atoms with Gasteiger partial charge in [0, 0.05) is 31.8 Å². The van der Waals surface area contributed by atoms with E-state index in [1.54, 1.807) is 12.5 Å². The highest BCUT2D eigenvalue weighted by molar-refractivity contribution is 5.76. The summed E-state index contributed by atoms with van der Waals surface area (Å²) in [6, 6.07) is 5.84. The van der Waals surface area contributed by atoms with Crippen molar-refractivity contribution in [2.75, 3.05) is 13.2 Å². The van der Waals surface area contributed by atoms with E-state index < -0.39 is 6.10 Å². The minimum absolute atomic E-state index is 0.00618. The summed E-state index contributed by atoms with van der Waals surface area (Å²) in [5.41, 5.74) is 1.14. The molecule has 2 aliphatic rings. The van der Waals surface area contributed by atoms with E-state index >= 15 is 0 Å². The highest BCUT2D eigenvalue weighted by atomic mass is 16.5. The first kappa shape index (κ1) is 19.8. The Hall–Kier alpha value is -2.54. The topological polar surface area (TPSA) is 85.6 Å². The SMILES string of the molecule is O=C(CCCc1ccc2c(c1)OCCCO2)N[C@@H]1CC(Cn2ccnc2)C[C@H]1O. The molecule has 0 radical (unpaired) electrons. The number of aromatic nitrogens is 2. The van der Waals surface area contributed by atoms with Crippen LogP contribution in [0.5, 0.6) is 11.5 Å². The van der Waals surface area contributed by atoms with Crippen molar-refractivity contribution in [1.29, 1.82) is 0 Å². The Kier molecular flexibility index (Phi) is 6.34. The number of hydrogen-bond donors (Lipinski definition) is 2. The summed E-state index contributed by atoms with van der Waals surface area (Å²) in [4.78, 5) is 16.4. The summed E-state index contributed by atoms with van der Waals surface area (Å²) in [5.74, 6) is 1.95. The van der Waals surface area contributed by atoms with Gasteiger partial charge < -0.3 is 24.5 Å². The van der Waals surface area contributed by atoms with Gasteiger partial charge in [-0.2, -0.15) is 0 Å². The molecule has 2 N–H and O–H groups in total. The van der Waals surface area contributed by atoms with E-state index in [1.165, 1.54) is 0 Å². The number of fused-ring (bicyclic) bond motifs is 1. The van der Waals surface area contributed by atoms with Gasteiger partial charge in [0.15, 0.2) is 11.5 Å². The lowest BCUT2D eigenvalue weighted by Crippen LogP contribution is -2.39. The lowest BCUT2D eigenvalue weighted by atomic mass is 10.1. The number of benzene rings is 1. The third-order valence-corrected chi connectivity index (χ3v) is 5.68. The average Bonchev–Trinajstić information content (AvgIpc) is 3.25. The van der Waals surface area contributed by atoms with Gasteiger partial charge in [-0.05, 0) is 49.3 Å². The quantitative estimate of drug-likeness (QED) is 0.746. The molecule has 1 aliphatic carbocycles. The van der Waals surface area contributed by atoms with Crippen molar-refractivity contribution in [3.8, 4) is 11.5 Å². The molecule has 1 unspecified atom stereocenters. The number of carbonyl (C=O) groups excluding carboxylic acids is 1. The van der Waals surface area contributed by atoms with Gasteiger partial charge in [0.2, 0.25) is 5.91 Å². The van der Waals surface area contributed by atoms with Gasteiger partial charge in [0.25, 0.3) is 0 Å². The van der Waals surface area contributed by atoms with E-state index in [4.69, 9.17) is 9.47 Å². The van der Waals surface area contributed by atoms with E-state index in [1.807, 2.05) is 29.0 Å². The van der Waals surface area contributed by atoms with Crippen molar-refractivity contribution in [3.63, 3.8) is 0 Å². The van der Waals surface area contributed by atoms with Crippen LogP contribution in [0.2, 0.25) is 0 Å². The van der Waals surface area contributed by atoms with Crippen LogP contribution >= 0.6 is 0 Å². The molecule has 2 aromatic rings. The number of nitrogens with one attached hydrogen (secondary N) is 1. The molecule has 156 valence electrons. The van der Waals surface area contributed by atoms with Crippen LogP contribution in [0.3, 0.4) is 0 Å². The molecular formula is C22H29N3O4. The van der Waals surface area contributed by atoms with Crippen molar-refractivity contribution >= 4 is 5.91 Å². The van der Waals surface area contributed by atoms with Crippen LogP contribution in [-0.4, -0.2) is 45.9 Å². The number of aryl methyl sites for hydroxylation is 1. The molecular weight excluding hydrogens is 370 g/mol. The predicted molar refractivity (Wildman–Crippen MR) is 108 cm³/mol. The zero-order valence-corrected chi connectivity index (χ0v) is 16.6. The highest BCUT2D eigenvalue weighted by Gasteiger charge is 2.33. The maximum atomic E-state index is 12.4. The lowest BCUT2D eigenvalue weighted by molar-refractivity contribution is -0.122. The van der Waals surface area contributed by atoms with Crippen LogP contribution in [0.25, 0.3) is 0 Å². The average molecular weight is 399 g/mol. The largest absolute Gasteiger partial charge is 0.490 e. The predicted octanol–water partition coefficient (Wildman–Crippen LogP) is 2.32. The van der Waals surface area contributed by atoms with Crippen LogP contribution in [-0.2, 0) is 17.8 Å². The van der Waals surface area contributed by atoms with Crippen molar-refractivity contribution in [3.05, 3.63) is 42.5 Å². The maximum Gasteiger partial charge on any atom is 0.220 e. The Morgan fingerprint density at radius 1 is 1.24 bits per heavy atom. The standard InChI is InChI=1S/C22H29N3O4/c26-19-12-17(14-25-8-7-23-15-25)11-18(19)24-22(27)4-1-3-16-5-6-20-21(13-16)29-10-2-9-28-20/h5-8,13,15,17-19,26H,1-4,9-12,14H2,(H,24,27)/t17?,18-,19-/m1/s1. The number of aliphatic hydroxyl groups excluding tert-OH is 1. The molecule has 2 heterocycles. The zero-order chi connectivity index (χ0) is 20.1. The monoisotopic (exact) mass is 399 g/mol. The molecule has 7 heteroatoms. The number of nitrogens with zero attached hydrogens (tertiary/aromatic N) is 2. The first-order valence-electron chi connectivity index (χ1n) is 10.5. The Balaban J connectivity index is 1.21. The molecule has 3 atom stereocenters. The van der Waals surface area contributed by atoms with Gasteiger partial charge in [0.1, 0.15) is 0 Å². The van der Waals surface area contributed by atoms with Gasteiger partial charge in [0.05, 0.1) is 31.7 Å². The van der Waals surface area contributed by atoms with E-state index in [-0.39, 0.29) is 11.9 Å². The Bertz CT molecular complexity index is 808. The smallest absolute Gasteiger partial charge is 0.220 e. The van der Waals surface area contributed by atoms with Gasteiger partial charge in [-0.3, -0.25) is 4.79 Å². The summed E-state index contributed by atoms with van der Waals surface area (Å²) in [6.45, 7) is 2.18. The van der Waals surface area contributed by atoms with Crippen molar-refractivity contribution in [1.82, 2.24) is 14.9 Å². The number of ether oxygens (including phenoxy) is 2. The van der Waals surface area contributed by atoms with Crippen molar-refractivity contribution in [2.45, 2.75) is 57.2 Å². The van der Waals surface area contributed by atoms with Crippen molar-refractivity contribution in [2.24, 2.45) is 5.92 Å². The second kappa shape index (κ2) is 9.31. The van der Waals surface area contributed by atoms with E-state index in [2.05, 4.69) is 10.3 Å². The molecule has 7 nitrogen and oxygen atoms in total. The number of hydrogen-bond acceptors (Lipinski definition) is 5. The summed E-state index contributed by atoms with van der Waals surface area (Å²) >= 11 is 0. The Morgan fingerprint density at radius 2 is 2.10 bits per heavy atom. The fourth-order valence-electron chi connectivity index (χ4n) is 4.21. The van der Waals surface area contributed by atoms with Gasteiger partial charge in [-0.25, -0.2) is 4.98 Å². The van der Waals surface area contributed by atoms with Crippen LogP contribution in [0.1, 0.15) is 37.7 Å². The third-order valence-electron chi connectivity index (χ3n) is 5.68. The lowest BCUT2D eigenvalue weighted by Gasteiger charge is -2.16.